The van der Waals surface area contributed by atoms with Gasteiger partial charge in [-0.05, 0) is 31.4 Å². The zero-order chi connectivity index (χ0) is 20.7. The fourth-order valence-electron chi connectivity index (χ4n) is 2.58. The van der Waals surface area contributed by atoms with Gasteiger partial charge in [0.05, 0.1) is 22.7 Å². The molecule has 1 aromatic heterocycles. The summed E-state index contributed by atoms with van der Waals surface area (Å²) in [4.78, 5) is 29.9. The number of hydrogen-bond acceptors (Lipinski definition) is 6. The molecule has 0 radical (unpaired) electrons. The van der Waals surface area contributed by atoms with Crippen molar-refractivity contribution in [1.82, 2.24) is 14.9 Å². The molecule has 1 N–H and O–H groups in total. The SMILES string of the molecule is COCCCn1c(SCC(=O)N[C@@](C)(C#N)C(C)C)nc2ccccc2c1=O. The highest BCUT2D eigenvalue weighted by molar-refractivity contribution is 7.99. The van der Waals surface area contributed by atoms with Crippen LogP contribution in [0.4, 0.5) is 0 Å². The van der Waals surface area contributed by atoms with E-state index in [4.69, 9.17) is 4.74 Å². The lowest BCUT2D eigenvalue weighted by Crippen LogP contribution is -2.49. The highest BCUT2D eigenvalue weighted by atomic mass is 32.2. The lowest BCUT2D eigenvalue weighted by atomic mass is 9.90. The molecule has 1 amide bonds. The number of methoxy groups -OCH3 is 1. The average Bonchev–Trinajstić information content (AvgIpc) is 2.68. The topological polar surface area (TPSA) is 97.0 Å². The summed E-state index contributed by atoms with van der Waals surface area (Å²) in [7, 11) is 1.61. The summed E-state index contributed by atoms with van der Waals surface area (Å²) < 4.78 is 6.67. The zero-order valence-corrected chi connectivity index (χ0v) is 17.5. The van der Waals surface area contributed by atoms with Crippen LogP contribution in [0.1, 0.15) is 27.2 Å². The third kappa shape index (κ3) is 5.12. The number of benzene rings is 1. The summed E-state index contributed by atoms with van der Waals surface area (Å²) in [5.74, 6) is -0.231. The van der Waals surface area contributed by atoms with E-state index in [0.29, 0.717) is 35.6 Å². The number of nitrogens with one attached hydrogen (secondary N) is 1. The normalized spacial score (nSPS) is 13.3. The van der Waals surface area contributed by atoms with Crippen molar-refractivity contribution < 1.29 is 9.53 Å². The van der Waals surface area contributed by atoms with Crippen LogP contribution < -0.4 is 10.9 Å². The van der Waals surface area contributed by atoms with Gasteiger partial charge in [0.15, 0.2) is 5.16 Å². The van der Waals surface area contributed by atoms with Gasteiger partial charge in [-0.15, -0.1) is 0 Å². The largest absolute Gasteiger partial charge is 0.385 e. The van der Waals surface area contributed by atoms with Crippen LogP contribution in [0, 0.1) is 17.2 Å². The second-order valence-electron chi connectivity index (χ2n) is 7.02. The Hall–Kier alpha value is -2.37. The number of nitriles is 1. The summed E-state index contributed by atoms with van der Waals surface area (Å²) in [6, 6.07) is 9.32. The molecule has 1 heterocycles. The molecule has 0 spiro atoms. The molecule has 7 nitrogen and oxygen atoms in total. The van der Waals surface area contributed by atoms with E-state index in [-0.39, 0.29) is 23.1 Å². The van der Waals surface area contributed by atoms with Crippen molar-refractivity contribution >= 4 is 28.6 Å². The van der Waals surface area contributed by atoms with Crippen molar-refractivity contribution in [3.63, 3.8) is 0 Å². The molecular formula is C20H26N4O3S. The van der Waals surface area contributed by atoms with E-state index < -0.39 is 5.54 Å². The lowest BCUT2D eigenvalue weighted by molar-refractivity contribution is -0.120. The van der Waals surface area contributed by atoms with Gasteiger partial charge in [0.2, 0.25) is 5.91 Å². The van der Waals surface area contributed by atoms with E-state index in [1.54, 1.807) is 36.8 Å². The Balaban J connectivity index is 2.25. The van der Waals surface area contributed by atoms with Crippen molar-refractivity contribution in [3.8, 4) is 6.07 Å². The smallest absolute Gasteiger partial charge is 0.262 e. The van der Waals surface area contributed by atoms with Gasteiger partial charge in [0.25, 0.3) is 5.56 Å². The maximum Gasteiger partial charge on any atom is 0.262 e. The number of rotatable bonds is 9. The highest BCUT2D eigenvalue weighted by Crippen LogP contribution is 2.20. The van der Waals surface area contributed by atoms with Crippen LogP contribution in [-0.2, 0) is 16.1 Å². The number of aromatic nitrogens is 2. The third-order valence-electron chi connectivity index (χ3n) is 4.68. The standard InChI is InChI=1S/C20H26N4O3S/c1-14(2)20(3,13-21)23-17(25)12-28-19-22-16-9-6-5-8-15(16)18(26)24(19)10-7-11-27-4/h5-6,8-9,14H,7,10-12H2,1-4H3,(H,23,25)/t20-/m0/s1. The van der Waals surface area contributed by atoms with Crippen LogP contribution in [0.5, 0.6) is 0 Å². The molecule has 0 aliphatic carbocycles. The fourth-order valence-corrected chi connectivity index (χ4v) is 3.40. The first-order valence-corrected chi connectivity index (χ1v) is 10.1. The molecule has 1 aromatic carbocycles. The molecule has 8 heteroatoms. The Morgan fingerprint density at radius 1 is 1.43 bits per heavy atom. The Morgan fingerprint density at radius 3 is 2.79 bits per heavy atom. The van der Waals surface area contributed by atoms with Crippen LogP contribution in [0.3, 0.4) is 0 Å². The van der Waals surface area contributed by atoms with Crippen molar-refractivity contribution in [2.24, 2.45) is 5.92 Å². The molecule has 2 rings (SSSR count). The monoisotopic (exact) mass is 402 g/mol. The number of hydrogen-bond donors (Lipinski definition) is 1. The van der Waals surface area contributed by atoms with E-state index >= 15 is 0 Å². The van der Waals surface area contributed by atoms with Crippen molar-refractivity contribution in [3.05, 3.63) is 34.6 Å². The van der Waals surface area contributed by atoms with Gasteiger partial charge < -0.3 is 10.1 Å². The first kappa shape index (κ1) is 21.9. The van der Waals surface area contributed by atoms with Gasteiger partial charge >= 0.3 is 0 Å². The summed E-state index contributed by atoms with van der Waals surface area (Å²) >= 11 is 1.19. The first-order chi connectivity index (χ1) is 13.3. The molecule has 0 aliphatic heterocycles. The Bertz CT molecular complexity index is 935. The Morgan fingerprint density at radius 2 is 2.14 bits per heavy atom. The van der Waals surface area contributed by atoms with Crippen LogP contribution in [0.15, 0.2) is 34.2 Å². The van der Waals surface area contributed by atoms with Crippen molar-refractivity contribution in [2.45, 2.75) is 44.4 Å². The molecule has 150 valence electrons. The van der Waals surface area contributed by atoms with E-state index in [0.717, 1.165) is 0 Å². The van der Waals surface area contributed by atoms with Gasteiger partial charge in [-0.25, -0.2) is 4.98 Å². The number of ether oxygens (including phenoxy) is 1. The van der Waals surface area contributed by atoms with Crippen LogP contribution in [-0.4, -0.2) is 40.5 Å². The predicted molar refractivity (Wildman–Crippen MR) is 110 cm³/mol. The summed E-state index contributed by atoms with van der Waals surface area (Å²) in [6.45, 7) is 6.45. The Labute approximate surface area is 169 Å². The van der Waals surface area contributed by atoms with Crippen LogP contribution in [0.2, 0.25) is 0 Å². The second-order valence-corrected chi connectivity index (χ2v) is 7.96. The van der Waals surface area contributed by atoms with E-state index in [1.807, 2.05) is 19.9 Å². The van der Waals surface area contributed by atoms with Gasteiger partial charge in [0, 0.05) is 20.3 Å². The molecule has 1 atom stereocenters. The maximum atomic E-state index is 12.9. The molecule has 0 saturated carbocycles. The molecule has 2 aromatic rings. The number of carbonyl (C=O) groups is 1. The summed E-state index contributed by atoms with van der Waals surface area (Å²) in [5, 5.41) is 13.2. The number of thioether (sulfide) groups is 1. The van der Waals surface area contributed by atoms with Crippen molar-refractivity contribution in [2.75, 3.05) is 19.5 Å². The summed E-state index contributed by atoms with van der Waals surface area (Å²) in [6.07, 6.45) is 0.663. The highest BCUT2D eigenvalue weighted by Gasteiger charge is 2.30. The minimum Gasteiger partial charge on any atom is -0.385 e. The van der Waals surface area contributed by atoms with Crippen LogP contribution in [0.25, 0.3) is 10.9 Å². The predicted octanol–water partition coefficient (Wildman–Crippen LogP) is 2.58. The summed E-state index contributed by atoms with van der Waals surface area (Å²) in [5.41, 5.74) is -0.469. The third-order valence-corrected chi connectivity index (χ3v) is 5.65. The zero-order valence-electron chi connectivity index (χ0n) is 16.7. The van der Waals surface area contributed by atoms with Crippen LogP contribution >= 0.6 is 11.8 Å². The van der Waals surface area contributed by atoms with Gasteiger partial charge in [-0.3, -0.25) is 14.2 Å². The Kier molecular flexibility index (Phi) is 7.61. The number of nitrogens with zero attached hydrogens (tertiary/aromatic N) is 3. The molecular weight excluding hydrogens is 376 g/mol. The molecule has 0 bridgehead atoms. The fraction of sp³-hybridized carbons (Fsp3) is 0.500. The minimum absolute atomic E-state index is 0.0301. The maximum absolute atomic E-state index is 12.9. The first-order valence-electron chi connectivity index (χ1n) is 9.16. The lowest BCUT2D eigenvalue weighted by Gasteiger charge is -2.27. The quantitative estimate of drug-likeness (QED) is 0.393. The second kappa shape index (κ2) is 9.71. The molecule has 28 heavy (non-hydrogen) atoms. The number of carbonyl (C=O) groups excluding carboxylic acids is 1. The molecule has 0 fully saturated rings. The number of fused-ring (bicyclic) bond motifs is 1. The molecule has 0 unspecified atom stereocenters. The average molecular weight is 403 g/mol. The number of amides is 1. The van der Waals surface area contributed by atoms with E-state index in [9.17, 15) is 14.9 Å². The minimum atomic E-state index is -0.938. The molecule has 0 saturated heterocycles. The van der Waals surface area contributed by atoms with Gasteiger partial charge in [-0.2, -0.15) is 5.26 Å². The molecule has 0 aliphatic rings. The van der Waals surface area contributed by atoms with Crippen molar-refractivity contribution in [1.29, 1.82) is 5.26 Å². The van der Waals surface area contributed by atoms with Gasteiger partial charge in [0.1, 0.15) is 5.54 Å². The van der Waals surface area contributed by atoms with E-state index in [2.05, 4.69) is 16.4 Å². The number of para-hydroxylation sites is 1. The van der Waals surface area contributed by atoms with E-state index in [1.165, 1.54) is 11.8 Å². The van der Waals surface area contributed by atoms with Gasteiger partial charge in [-0.1, -0.05) is 37.7 Å².